The van der Waals surface area contributed by atoms with E-state index < -0.39 is 6.09 Å². The zero-order valence-corrected chi connectivity index (χ0v) is 10.4. The molecule has 18 heavy (non-hydrogen) atoms. The molecule has 1 aromatic carbocycles. The lowest BCUT2D eigenvalue weighted by atomic mass is 10.2. The summed E-state index contributed by atoms with van der Waals surface area (Å²) in [5, 5.41) is 16.4. The molecule has 2 amide bonds. The first-order chi connectivity index (χ1) is 8.56. The van der Waals surface area contributed by atoms with Gasteiger partial charge < -0.3 is 15.7 Å². The number of likely N-dealkylation sites (N-methyl/N-ethyl adjacent to an activating group) is 1. The van der Waals surface area contributed by atoms with Crippen LogP contribution in [-0.2, 0) is 4.79 Å². The molecule has 0 saturated heterocycles. The minimum absolute atomic E-state index is 0.112. The summed E-state index contributed by atoms with van der Waals surface area (Å²) in [6.45, 7) is 1.92. The Hall–Kier alpha value is -2.08. The lowest BCUT2D eigenvalue weighted by Gasteiger charge is -2.14. The van der Waals surface area contributed by atoms with Gasteiger partial charge in [0.05, 0.1) is 6.04 Å². The van der Waals surface area contributed by atoms with Gasteiger partial charge in [0, 0.05) is 11.4 Å². The van der Waals surface area contributed by atoms with Crippen molar-refractivity contribution in [3.05, 3.63) is 24.3 Å². The van der Waals surface area contributed by atoms with Gasteiger partial charge in [-0.3, -0.25) is 10.1 Å². The Morgan fingerprint density at radius 1 is 1.17 bits per heavy atom. The van der Waals surface area contributed by atoms with Crippen LogP contribution in [0.15, 0.2) is 24.3 Å². The number of nitrogens with one attached hydrogen (secondary N) is 3. The van der Waals surface area contributed by atoms with Gasteiger partial charge in [-0.25, -0.2) is 4.79 Å². The maximum atomic E-state index is 11.8. The zero-order chi connectivity index (χ0) is 13.5. The van der Waals surface area contributed by atoms with E-state index in [2.05, 4.69) is 16.0 Å². The second-order valence-electron chi connectivity index (χ2n) is 3.75. The third kappa shape index (κ3) is 4.06. The first-order valence-electron chi connectivity index (χ1n) is 5.65. The Morgan fingerprint density at radius 2 is 1.67 bits per heavy atom. The molecule has 0 aliphatic rings. The highest BCUT2D eigenvalue weighted by molar-refractivity contribution is 5.95. The number of carboxylic acid groups (broad SMARTS) is 1. The molecule has 0 radical (unpaired) electrons. The van der Waals surface area contributed by atoms with Gasteiger partial charge in [0.1, 0.15) is 0 Å². The molecule has 0 unspecified atom stereocenters. The summed E-state index contributed by atoms with van der Waals surface area (Å²) in [5.41, 5.74) is 1.09. The second-order valence-corrected chi connectivity index (χ2v) is 3.75. The van der Waals surface area contributed by atoms with Crippen LogP contribution in [0.4, 0.5) is 16.2 Å². The van der Waals surface area contributed by atoms with Crippen LogP contribution in [0.5, 0.6) is 0 Å². The maximum Gasteiger partial charge on any atom is 0.409 e. The summed E-state index contributed by atoms with van der Waals surface area (Å²) in [6.07, 6.45) is -0.422. The van der Waals surface area contributed by atoms with Crippen LogP contribution in [0.2, 0.25) is 0 Å². The summed E-state index contributed by atoms with van der Waals surface area (Å²) in [4.78, 5) is 22.2. The standard InChI is InChI=1S/C12H17N3O3/c1-3-10(13-2)11(16)14-8-4-6-9(7-5-8)15-12(17)18/h4-7,10,13,15H,3H2,1-2H3,(H,14,16)(H,17,18)/t10-/m0/s1. The number of hydrogen-bond donors (Lipinski definition) is 4. The summed E-state index contributed by atoms with van der Waals surface area (Å²) in [6, 6.07) is 6.23. The van der Waals surface area contributed by atoms with Crippen molar-refractivity contribution in [2.75, 3.05) is 17.7 Å². The molecule has 0 aromatic heterocycles. The quantitative estimate of drug-likeness (QED) is 0.641. The van der Waals surface area contributed by atoms with E-state index in [4.69, 9.17) is 5.11 Å². The fourth-order valence-electron chi connectivity index (χ4n) is 1.51. The lowest BCUT2D eigenvalue weighted by molar-refractivity contribution is -0.118. The molecular formula is C12H17N3O3. The predicted molar refractivity (Wildman–Crippen MR) is 69.9 cm³/mol. The molecule has 1 aromatic rings. The number of carbonyl (C=O) groups is 2. The molecule has 4 N–H and O–H groups in total. The largest absolute Gasteiger partial charge is 0.465 e. The molecule has 0 aliphatic heterocycles. The number of anilines is 2. The minimum atomic E-state index is -1.12. The van der Waals surface area contributed by atoms with Crippen LogP contribution in [0.1, 0.15) is 13.3 Å². The van der Waals surface area contributed by atoms with E-state index in [0.29, 0.717) is 17.8 Å². The molecule has 98 valence electrons. The Labute approximate surface area is 105 Å². The van der Waals surface area contributed by atoms with Gasteiger partial charge in [0.25, 0.3) is 0 Å². The van der Waals surface area contributed by atoms with Gasteiger partial charge in [-0.1, -0.05) is 6.92 Å². The van der Waals surface area contributed by atoms with Gasteiger partial charge >= 0.3 is 6.09 Å². The molecule has 0 aliphatic carbocycles. The Balaban J connectivity index is 2.63. The van der Waals surface area contributed by atoms with Crippen molar-refractivity contribution in [3.63, 3.8) is 0 Å². The number of rotatable bonds is 5. The molecule has 0 heterocycles. The van der Waals surface area contributed by atoms with E-state index in [0.717, 1.165) is 0 Å². The second kappa shape index (κ2) is 6.61. The summed E-state index contributed by atoms with van der Waals surface area (Å²) >= 11 is 0. The summed E-state index contributed by atoms with van der Waals surface area (Å²) < 4.78 is 0. The van der Waals surface area contributed by atoms with Crippen molar-refractivity contribution in [3.8, 4) is 0 Å². The van der Waals surface area contributed by atoms with Gasteiger partial charge in [-0.2, -0.15) is 0 Å². The number of amides is 2. The van der Waals surface area contributed by atoms with Crippen molar-refractivity contribution in [1.29, 1.82) is 0 Å². The minimum Gasteiger partial charge on any atom is -0.465 e. The molecule has 1 atom stereocenters. The van der Waals surface area contributed by atoms with E-state index in [1.54, 1.807) is 31.3 Å². The fraction of sp³-hybridized carbons (Fsp3) is 0.333. The SMILES string of the molecule is CC[C@H](NC)C(=O)Nc1ccc(NC(=O)O)cc1. The van der Waals surface area contributed by atoms with Gasteiger partial charge in [-0.15, -0.1) is 0 Å². The molecule has 0 spiro atoms. The monoisotopic (exact) mass is 251 g/mol. The third-order valence-electron chi connectivity index (χ3n) is 2.48. The molecule has 0 fully saturated rings. The van der Waals surface area contributed by atoms with E-state index in [1.807, 2.05) is 6.92 Å². The normalized spacial score (nSPS) is 11.7. The van der Waals surface area contributed by atoms with Gasteiger partial charge in [-0.05, 0) is 37.7 Å². The molecule has 0 bridgehead atoms. The van der Waals surface area contributed by atoms with Gasteiger partial charge in [0.2, 0.25) is 5.91 Å². The molecule has 1 rings (SSSR count). The predicted octanol–water partition coefficient (Wildman–Crippen LogP) is 1.71. The highest BCUT2D eigenvalue weighted by Crippen LogP contribution is 2.13. The average Bonchev–Trinajstić information content (AvgIpc) is 2.32. The van der Waals surface area contributed by atoms with Crippen LogP contribution in [0, 0.1) is 0 Å². The number of hydrogen-bond acceptors (Lipinski definition) is 3. The number of carbonyl (C=O) groups excluding carboxylic acids is 1. The lowest BCUT2D eigenvalue weighted by Crippen LogP contribution is -2.37. The zero-order valence-electron chi connectivity index (χ0n) is 10.4. The van der Waals surface area contributed by atoms with Crippen LogP contribution < -0.4 is 16.0 Å². The van der Waals surface area contributed by atoms with E-state index in [9.17, 15) is 9.59 Å². The Morgan fingerprint density at radius 3 is 2.06 bits per heavy atom. The maximum absolute atomic E-state index is 11.8. The Bertz CT molecular complexity index is 413. The van der Waals surface area contributed by atoms with Crippen molar-refractivity contribution in [2.45, 2.75) is 19.4 Å². The molecule has 6 nitrogen and oxygen atoms in total. The Kier molecular flexibility index (Phi) is 5.13. The van der Waals surface area contributed by atoms with Crippen molar-refractivity contribution >= 4 is 23.4 Å². The van der Waals surface area contributed by atoms with E-state index >= 15 is 0 Å². The van der Waals surface area contributed by atoms with Gasteiger partial charge in [0.15, 0.2) is 0 Å². The van der Waals surface area contributed by atoms with E-state index in [1.165, 1.54) is 0 Å². The number of benzene rings is 1. The first-order valence-corrected chi connectivity index (χ1v) is 5.65. The summed E-state index contributed by atoms with van der Waals surface area (Å²) in [7, 11) is 1.73. The van der Waals surface area contributed by atoms with Crippen LogP contribution >= 0.6 is 0 Å². The molecule has 0 saturated carbocycles. The molecule has 6 heteroatoms. The van der Waals surface area contributed by atoms with Crippen LogP contribution in [0.3, 0.4) is 0 Å². The van der Waals surface area contributed by atoms with Crippen molar-refractivity contribution in [2.24, 2.45) is 0 Å². The fourth-order valence-corrected chi connectivity index (χ4v) is 1.51. The molecular weight excluding hydrogens is 234 g/mol. The third-order valence-corrected chi connectivity index (χ3v) is 2.48. The highest BCUT2D eigenvalue weighted by atomic mass is 16.4. The van der Waals surface area contributed by atoms with Crippen molar-refractivity contribution in [1.82, 2.24) is 5.32 Å². The first kappa shape index (κ1) is 14.0. The van der Waals surface area contributed by atoms with Crippen LogP contribution in [0.25, 0.3) is 0 Å². The highest BCUT2D eigenvalue weighted by Gasteiger charge is 2.13. The van der Waals surface area contributed by atoms with Crippen LogP contribution in [-0.4, -0.2) is 30.2 Å². The average molecular weight is 251 g/mol. The summed E-state index contributed by atoms with van der Waals surface area (Å²) in [5.74, 6) is -0.112. The van der Waals surface area contributed by atoms with E-state index in [-0.39, 0.29) is 11.9 Å². The topological polar surface area (TPSA) is 90.5 Å². The van der Waals surface area contributed by atoms with Crippen molar-refractivity contribution < 1.29 is 14.7 Å². The smallest absolute Gasteiger partial charge is 0.409 e.